The number of Topliss-reactive ketones (excluding diaryl/α,β-unsaturated/α-hetero) is 1. The summed E-state index contributed by atoms with van der Waals surface area (Å²) in [4.78, 5) is 50.9. The number of hydrogen-bond acceptors (Lipinski definition) is 4. The molecular weight excluding hydrogens is 382 g/mol. The molecule has 2 aliphatic rings. The number of hydrogen-bond donors (Lipinski definition) is 2. The lowest BCUT2D eigenvalue weighted by Crippen LogP contribution is -2.40. The first-order valence-corrected chi connectivity index (χ1v) is 10.1. The van der Waals surface area contributed by atoms with E-state index in [0.29, 0.717) is 28.1 Å². The van der Waals surface area contributed by atoms with Gasteiger partial charge in [-0.1, -0.05) is 31.4 Å². The lowest BCUT2D eigenvalue weighted by Gasteiger charge is -2.29. The van der Waals surface area contributed by atoms with Crippen LogP contribution >= 0.6 is 0 Å². The van der Waals surface area contributed by atoms with Gasteiger partial charge in [0.15, 0.2) is 5.78 Å². The van der Waals surface area contributed by atoms with Crippen LogP contribution in [0, 0.1) is 0 Å². The van der Waals surface area contributed by atoms with Crippen molar-refractivity contribution in [2.24, 2.45) is 0 Å². The highest BCUT2D eigenvalue weighted by molar-refractivity contribution is 6.22. The SMILES string of the molecule is CC(=O)c1cccc(NC(=O)Nc2ccc3c(c2)C(=O)N(C2CCCCC2)C3=O)c1. The molecule has 7 heteroatoms. The van der Waals surface area contributed by atoms with Gasteiger partial charge in [0.05, 0.1) is 11.1 Å². The van der Waals surface area contributed by atoms with E-state index in [9.17, 15) is 19.2 Å². The molecule has 1 saturated carbocycles. The van der Waals surface area contributed by atoms with Crippen molar-refractivity contribution < 1.29 is 19.2 Å². The van der Waals surface area contributed by atoms with E-state index >= 15 is 0 Å². The summed E-state index contributed by atoms with van der Waals surface area (Å²) in [6.07, 6.45) is 4.88. The summed E-state index contributed by atoms with van der Waals surface area (Å²) in [6, 6.07) is 10.8. The molecule has 1 heterocycles. The second-order valence-electron chi connectivity index (χ2n) is 7.75. The van der Waals surface area contributed by atoms with Crippen LogP contribution in [0.5, 0.6) is 0 Å². The Morgan fingerprint density at radius 2 is 1.53 bits per heavy atom. The fraction of sp³-hybridized carbons (Fsp3) is 0.304. The van der Waals surface area contributed by atoms with Gasteiger partial charge in [-0.25, -0.2) is 4.79 Å². The molecule has 1 aliphatic carbocycles. The van der Waals surface area contributed by atoms with E-state index in [1.165, 1.54) is 11.8 Å². The van der Waals surface area contributed by atoms with Gasteiger partial charge in [-0.15, -0.1) is 0 Å². The van der Waals surface area contributed by atoms with Gasteiger partial charge in [0.1, 0.15) is 0 Å². The van der Waals surface area contributed by atoms with Crippen LogP contribution in [0.2, 0.25) is 0 Å². The van der Waals surface area contributed by atoms with Crippen molar-refractivity contribution >= 4 is 35.0 Å². The van der Waals surface area contributed by atoms with Crippen LogP contribution in [0.3, 0.4) is 0 Å². The summed E-state index contributed by atoms with van der Waals surface area (Å²) in [5, 5.41) is 5.35. The van der Waals surface area contributed by atoms with Crippen LogP contribution in [0.15, 0.2) is 42.5 Å². The number of nitrogens with one attached hydrogen (secondary N) is 2. The molecule has 1 aliphatic heterocycles. The number of anilines is 2. The fourth-order valence-corrected chi connectivity index (χ4v) is 4.12. The van der Waals surface area contributed by atoms with Gasteiger partial charge in [-0.3, -0.25) is 19.3 Å². The van der Waals surface area contributed by atoms with Crippen LogP contribution in [-0.2, 0) is 0 Å². The number of rotatable bonds is 4. The maximum absolute atomic E-state index is 12.9. The van der Waals surface area contributed by atoms with E-state index in [1.54, 1.807) is 42.5 Å². The van der Waals surface area contributed by atoms with Crippen molar-refractivity contribution in [2.45, 2.75) is 45.1 Å². The molecule has 0 aromatic heterocycles. The van der Waals surface area contributed by atoms with E-state index in [-0.39, 0.29) is 23.6 Å². The molecule has 0 spiro atoms. The Labute approximate surface area is 174 Å². The average Bonchev–Trinajstić information content (AvgIpc) is 2.98. The van der Waals surface area contributed by atoms with Crippen LogP contribution in [-0.4, -0.2) is 34.6 Å². The lowest BCUT2D eigenvalue weighted by molar-refractivity contribution is 0.0548. The molecule has 4 amide bonds. The van der Waals surface area contributed by atoms with Crippen molar-refractivity contribution in [3.8, 4) is 0 Å². The minimum absolute atomic E-state index is 0.0422. The molecule has 0 radical (unpaired) electrons. The van der Waals surface area contributed by atoms with Gasteiger partial charge in [-0.2, -0.15) is 0 Å². The van der Waals surface area contributed by atoms with E-state index in [0.717, 1.165) is 32.1 Å². The fourth-order valence-electron chi connectivity index (χ4n) is 4.12. The molecule has 0 bridgehead atoms. The second kappa shape index (κ2) is 8.10. The molecule has 154 valence electrons. The van der Waals surface area contributed by atoms with Crippen molar-refractivity contribution in [3.63, 3.8) is 0 Å². The van der Waals surface area contributed by atoms with Crippen molar-refractivity contribution in [2.75, 3.05) is 10.6 Å². The van der Waals surface area contributed by atoms with Gasteiger partial charge in [0.25, 0.3) is 11.8 Å². The first-order valence-electron chi connectivity index (χ1n) is 10.1. The Morgan fingerprint density at radius 3 is 2.23 bits per heavy atom. The number of amides is 4. The van der Waals surface area contributed by atoms with Gasteiger partial charge in [0.2, 0.25) is 0 Å². The Bertz CT molecular complexity index is 1040. The van der Waals surface area contributed by atoms with E-state index in [2.05, 4.69) is 10.6 Å². The molecular formula is C23H23N3O4. The molecule has 2 N–H and O–H groups in total. The topological polar surface area (TPSA) is 95.6 Å². The molecule has 2 aromatic rings. The van der Waals surface area contributed by atoms with Gasteiger partial charge < -0.3 is 10.6 Å². The highest BCUT2D eigenvalue weighted by atomic mass is 16.2. The lowest BCUT2D eigenvalue weighted by atomic mass is 9.94. The quantitative estimate of drug-likeness (QED) is 0.580. The molecule has 2 aromatic carbocycles. The third-order valence-electron chi connectivity index (χ3n) is 5.64. The second-order valence-corrected chi connectivity index (χ2v) is 7.75. The first kappa shape index (κ1) is 19.8. The maximum Gasteiger partial charge on any atom is 0.323 e. The Hall–Kier alpha value is -3.48. The predicted molar refractivity (Wildman–Crippen MR) is 113 cm³/mol. The molecule has 0 unspecified atom stereocenters. The number of urea groups is 1. The smallest absolute Gasteiger partial charge is 0.308 e. The molecule has 1 fully saturated rings. The van der Waals surface area contributed by atoms with Crippen LogP contribution in [0.1, 0.15) is 70.1 Å². The van der Waals surface area contributed by atoms with Crippen LogP contribution < -0.4 is 10.6 Å². The van der Waals surface area contributed by atoms with Crippen LogP contribution in [0.4, 0.5) is 16.2 Å². The Balaban J connectivity index is 1.48. The number of nitrogens with zero attached hydrogens (tertiary/aromatic N) is 1. The largest absolute Gasteiger partial charge is 0.323 e. The van der Waals surface area contributed by atoms with Gasteiger partial charge in [-0.05, 0) is 50.1 Å². The predicted octanol–water partition coefficient (Wildman–Crippen LogP) is 4.46. The Morgan fingerprint density at radius 1 is 0.867 bits per heavy atom. The number of ketones is 1. The number of benzene rings is 2. The minimum atomic E-state index is -0.503. The zero-order valence-corrected chi connectivity index (χ0v) is 16.7. The molecule has 0 saturated heterocycles. The van der Waals surface area contributed by atoms with E-state index in [4.69, 9.17) is 0 Å². The van der Waals surface area contributed by atoms with E-state index < -0.39 is 6.03 Å². The maximum atomic E-state index is 12.9. The third-order valence-corrected chi connectivity index (χ3v) is 5.64. The Kier molecular flexibility index (Phi) is 5.35. The standard InChI is InChI=1S/C23H23N3O4/c1-14(27)15-6-5-7-16(12-15)24-23(30)25-17-10-11-19-20(13-17)22(29)26(21(19)28)18-8-3-2-4-9-18/h5-7,10-13,18H,2-4,8-9H2,1H3,(H2,24,25,30). The van der Waals surface area contributed by atoms with Crippen molar-refractivity contribution in [1.29, 1.82) is 0 Å². The van der Waals surface area contributed by atoms with Gasteiger partial charge >= 0.3 is 6.03 Å². The van der Waals surface area contributed by atoms with Crippen LogP contribution in [0.25, 0.3) is 0 Å². The summed E-state index contributed by atoms with van der Waals surface area (Å²) >= 11 is 0. The summed E-state index contributed by atoms with van der Waals surface area (Å²) in [5.74, 6) is -0.637. The third kappa shape index (κ3) is 3.83. The number of imide groups is 1. The zero-order chi connectivity index (χ0) is 21.3. The molecule has 7 nitrogen and oxygen atoms in total. The van der Waals surface area contributed by atoms with Gasteiger partial charge in [0, 0.05) is 23.0 Å². The number of carbonyl (C=O) groups excluding carboxylic acids is 4. The summed E-state index contributed by atoms with van der Waals surface area (Å²) in [7, 11) is 0. The summed E-state index contributed by atoms with van der Waals surface area (Å²) < 4.78 is 0. The number of carbonyl (C=O) groups is 4. The van der Waals surface area contributed by atoms with Crippen molar-refractivity contribution in [1.82, 2.24) is 4.90 Å². The monoisotopic (exact) mass is 405 g/mol. The highest BCUT2D eigenvalue weighted by Gasteiger charge is 2.40. The summed E-state index contributed by atoms with van der Waals surface area (Å²) in [5.41, 5.74) is 2.10. The normalized spacial score (nSPS) is 16.4. The molecule has 30 heavy (non-hydrogen) atoms. The first-order chi connectivity index (χ1) is 14.4. The van der Waals surface area contributed by atoms with Crippen molar-refractivity contribution in [3.05, 3.63) is 59.2 Å². The summed E-state index contributed by atoms with van der Waals surface area (Å²) in [6.45, 7) is 1.46. The number of fused-ring (bicyclic) bond motifs is 1. The minimum Gasteiger partial charge on any atom is -0.308 e. The van der Waals surface area contributed by atoms with E-state index in [1.807, 2.05) is 0 Å². The molecule has 4 rings (SSSR count). The molecule has 0 atom stereocenters. The average molecular weight is 405 g/mol. The zero-order valence-electron chi connectivity index (χ0n) is 16.7. The highest BCUT2D eigenvalue weighted by Crippen LogP contribution is 2.32.